The second kappa shape index (κ2) is 3.54. The van der Waals surface area contributed by atoms with Crippen molar-refractivity contribution >= 4 is 6.08 Å². The molecular weight excluding hydrogens is 180 g/mol. The zero-order chi connectivity index (χ0) is 10.1. The summed E-state index contributed by atoms with van der Waals surface area (Å²) in [5, 5.41) is 0. The summed E-state index contributed by atoms with van der Waals surface area (Å²) in [7, 11) is 0. The lowest BCUT2D eigenvalue weighted by atomic mass is 9.95. The molecule has 0 heteroatoms. The molecule has 0 spiro atoms. The number of benzene rings is 1. The topological polar surface area (TPSA) is 0 Å². The first-order valence-electron chi connectivity index (χ1n) is 5.56. The Morgan fingerprint density at radius 1 is 1.13 bits per heavy atom. The Morgan fingerprint density at radius 3 is 2.87 bits per heavy atom. The van der Waals surface area contributed by atoms with E-state index < -0.39 is 0 Å². The molecule has 0 N–H and O–H groups in total. The van der Waals surface area contributed by atoms with Crippen LogP contribution in [0.3, 0.4) is 0 Å². The van der Waals surface area contributed by atoms with Crippen molar-refractivity contribution in [1.29, 1.82) is 0 Å². The maximum absolute atomic E-state index is 2.28. The molecule has 0 atom stereocenters. The second-order valence-corrected chi connectivity index (χ2v) is 4.23. The Hall–Kier alpha value is -1.56. The number of rotatable bonds is 2. The molecule has 0 heterocycles. The fourth-order valence-electron chi connectivity index (χ4n) is 2.41. The molecule has 15 heavy (non-hydrogen) atoms. The molecule has 2 aliphatic carbocycles. The van der Waals surface area contributed by atoms with Crippen LogP contribution in [0.2, 0.25) is 0 Å². The second-order valence-electron chi connectivity index (χ2n) is 4.23. The summed E-state index contributed by atoms with van der Waals surface area (Å²) in [4.78, 5) is 0. The van der Waals surface area contributed by atoms with Crippen LogP contribution in [0.4, 0.5) is 0 Å². The molecule has 1 aromatic rings. The Bertz CT molecular complexity index is 449. The van der Waals surface area contributed by atoms with Gasteiger partial charge < -0.3 is 0 Å². The van der Waals surface area contributed by atoms with Crippen LogP contribution < -0.4 is 0 Å². The van der Waals surface area contributed by atoms with E-state index >= 15 is 0 Å². The summed E-state index contributed by atoms with van der Waals surface area (Å²) in [6, 6.07) is 6.68. The van der Waals surface area contributed by atoms with Gasteiger partial charge in [-0.2, -0.15) is 0 Å². The van der Waals surface area contributed by atoms with Crippen LogP contribution in [0.15, 0.2) is 48.6 Å². The molecule has 3 rings (SSSR count). The van der Waals surface area contributed by atoms with Crippen molar-refractivity contribution in [1.82, 2.24) is 0 Å². The zero-order valence-electron chi connectivity index (χ0n) is 8.69. The van der Waals surface area contributed by atoms with Crippen LogP contribution in [0.25, 0.3) is 6.08 Å². The average Bonchev–Trinajstić information content (AvgIpc) is 2.87. The van der Waals surface area contributed by atoms with Crippen LogP contribution in [-0.2, 0) is 12.8 Å². The van der Waals surface area contributed by atoms with Crippen LogP contribution in [0, 0.1) is 5.92 Å². The van der Waals surface area contributed by atoms with E-state index in [4.69, 9.17) is 0 Å². The van der Waals surface area contributed by atoms with Crippen molar-refractivity contribution in [3.63, 3.8) is 0 Å². The molecule has 2 aliphatic rings. The highest BCUT2D eigenvalue weighted by atomic mass is 14.2. The molecule has 0 saturated carbocycles. The Morgan fingerprint density at radius 2 is 2.00 bits per heavy atom. The lowest BCUT2D eigenvalue weighted by Crippen LogP contribution is -1.99. The molecular formula is C15H14. The van der Waals surface area contributed by atoms with Crippen LogP contribution in [0.1, 0.15) is 16.7 Å². The minimum atomic E-state index is 0.602. The van der Waals surface area contributed by atoms with Gasteiger partial charge in [-0.1, -0.05) is 54.7 Å². The quantitative estimate of drug-likeness (QED) is 0.675. The van der Waals surface area contributed by atoms with Gasteiger partial charge in [-0.15, -0.1) is 0 Å². The monoisotopic (exact) mass is 194 g/mol. The molecule has 0 bridgehead atoms. The van der Waals surface area contributed by atoms with Crippen molar-refractivity contribution in [3.8, 4) is 0 Å². The number of hydrogen-bond acceptors (Lipinski definition) is 0. The van der Waals surface area contributed by atoms with Crippen molar-refractivity contribution in [2.24, 2.45) is 5.92 Å². The minimum absolute atomic E-state index is 0.602. The first-order chi connectivity index (χ1) is 7.43. The molecule has 1 aromatic carbocycles. The van der Waals surface area contributed by atoms with E-state index in [0.29, 0.717) is 5.92 Å². The highest BCUT2D eigenvalue weighted by Gasteiger charge is 2.12. The predicted octanol–water partition coefficient (Wildman–Crippen LogP) is 3.54. The highest BCUT2D eigenvalue weighted by molar-refractivity contribution is 5.63. The van der Waals surface area contributed by atoms with Gasteiger partial charge in [0.2, 0.25) is 0 Å². The smallest absolute Gasteiger partial charge is 0.000661 e. The normalized spacial score (nSPS) is 17.6. The fourth-order valence-corrected chi connectivity index (χ4v) is 2.41. The third-order valence-corrected chi connectivity index (χ3v) is 3.19. The van der Waals surface area contributed by atoms with E-state index in [0.717, 1.165) is 12.8 Å². The summed E-state index contributed by atoms with van der Waals surface area (Å²) >= 11 is 0. The lowest BCUT2D eigenvalue weighted by Gasteiger charge is -2.10. The Labute approximate surface area is 90.6 Å². The molecule has 0 unspecified atom stereocenters. The van der Waals surface area contributed by atoms with Gasteiger partial charge in [0, 0.05) is 0 Å². The van der Waals surface area contributed by atoms with Crippen LogP contribution in [-0.4, -0.2) is 0 Å². The van der Waals surface area contributed by atoms with Gasteiger partial charge in [0.05, 0.1) is 0 Å². The maximum Gasteiger partial charge on any atom is -0.000661 e. The van der Waals surface area contributed by atoms with Gasteiger partial charge in [0.1, 0.15) is 0 Å². The largest absolute Gasteiger partial charge is 0.0795 e. The van der Waals surface area contributed by atoms with E-state index in [1.54, 1.807) is 0 Å². The van der Waals surface area contributed by atoms with Gasteiger partial charge in [-0.05, 0) is 35.4 Å². The minimum Gasteiger partial charge on any atom is -0.0795 e. The van der Waals surface area contributed by atoms with Crippen LogP contribution >= 0.6 is 0 Å². The SMILES string of the molecule is C1=CC(Cc2cccc3c2C=CC3)C=C1. The van der Waals surface area contributed by atoms with E-state index in [-0.39, 0.29) is 0 Å². The van der Waals surface area contributed by atoms with E-state index in [2.05, 4.69) is 54.7 Å². The highest BCUT2D eigenvalue weighted by Crippen LogP contribution is 2.26. The number of hydrogen-bond donors (Lipinski definition) is 0. The van der Waals surface area contributed by atoms with Crippen molar-refractivity contribution in [3.05, 3.63) is 65.3 Å². The zero-order valence-corrected chi connectivity index (χ0v) is 8.69. The first-order valence-corrected chi connectivity index (χ1v) is 5.56. The summed E-state index contributed by atoms with van der Waals surface area (Å²) in [6.07, 6.45) is 15.6. The molecule has 0 aliphatic heterocycles. The fraction of sp³-hybridized carbons (Fsp3) is 0.200. The average molecular weight is 194 g/mol. The summed E-state index contributed by atoms with van der Waals surface area (Å²) in [5.41, 5.74) is 4.44. The van der Waals surface area contributed by atoms with E-state index in [9.17, 15) is 0 Å². The lowest BCUT2D eigenvalue weighted by molar-refractivity contribution is 0.814. The van der Waals surface area contributed by atoms with Gasteiger partial charge in [0.15, 0.2) is 0 Å². The van der Waals surface area contributed by atoms with Gasteiger partial charge in [-0.3, -0.25) is 0 Å². The predicted molar refractivity (Wildman–Crippen MR) is 64.7 cm³/mol. The first kappa shape index (κ1) is 8.72. The third kappa shape index (κ3) is 1.56. The molecule has 0 saturated heterocycles. The molecule has 0 fully saturated rings. The Balaban J connectivity index is 1.91. The van der Waals surface area contributed by atoms with E-state index in [1.165, 1.54) is 16.7 Å². The van der Waals surface area contributed by atoms with Crippen molar-refractivity contribution < 1.29 is 0 Å². The van der Waals surface area contributed by atoms with Gasteiger partial charge in [0.25, 0.3) is 0 Å². The van der Waals surface area contributed by atoms with Crippen LogP contribution in [0.5, 0.6) is 0 Å². The summed E-state index contributed by atoms with van der Waals surface area (Å²) in [6.45, 7) is 0. The number of allylic oxidation sites excluding steroid dienone is 5. The Kier molecular flexibility index (Phi) is 2.06. The number of fused-ring (bicyclic) bond motifs is 1. The molecule has 0 radical (unpaired) electrons. The molecule has 0 nitrogen and oxygen atoms in total. The third-order valence-electron chi connectivity index (χ3n) is 3.19. The van der Waals surface area contributed by atoms with Crippen molar-refractivity contribution in [2.75, 3.05) is 0 Å². The van der Waals surface area contributed by atoms with Gasteiger partial charge in [-0.25, -0.2) is 0 Å². The van der Waals surface area contributed by atoms with Gasteiger partial charge >= 0.3 is 0 Å². The van der Waals surface area contributed by atoms with Crippen molar-refractivity contribution in [2.45, 2.75) is 12.8 Å². The molecule has 0 amide bonds. The standard InChI is InChI=1S/C15H14/c1-2-6-12(5-1)11-14-9-3-7-13-8-4-10-15(13)14/h1-7,9-10,12H,8,11H2. The summed E-state index contributed by atoms with van der Waals surface area (Å²) < 4.78 is 0. The van der Waals surface area contributed by atoms with E-state index in [1.807, 2.05) is 0 Å². The molecule has 74 valence electrons. The summed E-state index contributed by atoms with van der Waals surface area (Å²) in [5.74, 6) is 0.602. The molecule has 0 aromatic heterocycles. The maximum atomic E-state index is 2.28.